The van der Waals surface area contributed by atoms with Crippen molar-refractivity contribution >= 4 is 28.5 Å². The smallest absolute Gasteiger partial charge is 0.325 e. The zero-order valence-electron chi connectivity index (χ0n) is 8.48. The Morgan fingerprint density at radius 1 is 1.62 bits per heavy atom. The Labute approximate surface area is 96.2 Å². The summed E-state index contributed by atoms with van der Waals surface area (Å²) in [6, 6.07) is 5.21. The summed E-state index contributed by atoms with van der Waals surface area (Å²) in [5.74, 6) is -0.328. The van der Waals surface area contributed by atoms with Crippen LogP contribution in [0.4, 0.5) is 0 Å². The molecule has 0 saturated carbocycles. The van der Waals surface area contributed by atoms with E-state index >= 15 is 0 Å². The molecule has 0 radical (unpaired) electrons. The fraction of sp³-hybridized carbons (Fsp3) is 0.200. The van der Waals surface area contributed by atoms with E-state index in [9.17, 15) is 4.79 Å². The molecule has 0 atom stereocenters. The lowest BCUT2D eigenvalue weighted by Gasteiger charge is -1.98. The Morgan fingerprint density at radius 2 is 2.38 bits per heavy atom. The first-order chi connectivity index (χ1) is 7.61. The second-order valence-corrected chi connectivity index (χ2v) is 3.58. The van der Waals surface area contributed by atoms with Crippen molar-refractivity contribution < 1.29 is 14.6 Å². The summed E-state index contributed by atoms with van der Waals surface area (Å²) in [6.07, 6.45) is 0. The van der Waals surface area contributed by atoms with Crippen LogP contribution in [0.2, 0.25) is 5.15 Å². The number of ether oxygens (including phenoxy) is 1. The van der Waals surface area contributed by atoms with E-state index in [1.54, 1.807) is 25.3 Å². The minimum Gasteiger partial charge on any atom is -0.497 e. The van der Waals surface area contributed by atoms with Gasteiger partial charge in [0, 0.05) is 5.39 Å². The predicted octanol–water partition coefficient (Wildman–Crippen LogP) is 1.78. The molecular formula is C10H9ClN2O3. The molecule has 0 amide bonds. The maximum absolute atomic E-state index is 10.6. The Balaban J connectivity index is 2.54. The molecule has 1 heterocycles. The number of fused-ring (bicyclic) bond motifs is 1. The van der Waals surface area contributed by atoms with Crippen molar-refractivity contribution in [1.82, 2.24) is 9.78 Å². The zero-order chi connectivity index (χ0) is 11.7. The number of carboxylic acid groups (broad SMARTS) is 1. The van der Waals surface area contributed by atoms with Gasteiger partial charge in [-0.25, -0.2) is 4.68 Å². The number of hydrogen-bond donors (Lipinski definition) is 1. The average Bonchev–Trinajstić information content (AvgIpc) is 2.55. The van der Waals surface area contributed by atoms with Gasteiger partial charge >= 0.3 is 5.97 Å². The number of carboxylic acids is 1. The molecule has 6 heteroatoms. The summed E-state index contributed by atoms with van der Waals surface area (Å²) in [6.45, 7) is -0.254. The van der Waals surface area contributed by atoms with Gasteiger partial charge in [0.15, 0.2) is 0 Å². The lowest BCUT2D eigenvalue weighted by molar-refractivity contribution is -0.137. The van der Waals surface area contributed by atoms with Crippen LogP contribution >= 0.6 is 11.6 Å². The van der Waals surface area contributed by atoms with Crippen molar-refractivity contribution in [3.8, 4) is 5.75 Å². The number of aromatic nitrogens is 2. The highest BCUT2D eigenvalue weighted by molar-refractivity contribution is 6.34. The summed E-state index contributed by atoms with van der Waals surface area (Å²) in [4.78, 5) is 10.6. The SMILES string of the molecule is COc1ccc2nn(CC(=O)O)c(Cl)c2c1. The van der Waals surface area contributed by atoms with E-state index in [4.69, 9.17) is 21.4 Å². The van der Waals surface area contributed by atoms with Crippen LogP contribution in [0.5, 0.6) is 5.75 Å². The van der Waals surface area contributed by atoms with Crippen molar-refractivity contribution in [2.24, 2.45) is 0 Å². The number of carbonyl (C=O) groups is 1. The fourth-order valence-electron chi connectivity index (χ4n) is 1.44. The highest BCUT2D eigenvalue weighted by Gasteiger charge is 2.11. The molecule has 0 aliphatic rings. The minimum atomic E-state index is -0.985. The van der Waals surface area contributed by atoms with Gasteiger partial charge in [0.25, 0.3) is 0 Å². The number of nitrogens with zero attached hydrogens (tertiary/aromatic N) is 2. The molecule has 84 valence electrons. The summed E-state index contributed by atoms with van der Waals surface area (Å²) in [5, 5.41) is 13.7. The van der Waals surface area contributed by atoms with Crippen LogP contribution in [0.3, 0.4) is 0 Å². The molecule has 0 saturated heterocycles. The lowest BCUT2D eigenvalue weighted by atomic mass is 10.2. The standard InChI is InChI=1S/C10H9ClN2O3/c1-16-6-2-3-8-7(4-6)10(11)13(12-8)5-9(14)15/h2-4H,5H2,1H3,(H,14,15). The highest BCUT2D eigenvalue weighted by Crippen LogP contribution is 2.26. The molecule has 0 unspecified atom stereocenters. The molecule has 0 fully saturated rings. The van der Waals surface area contributed by atoms with Gasteiger partial charge in [0.2, 0.25) is 0 Å². The first-order valence-electron chi connectivity index (χ1n) is 4.53. The van der Waals surface area contributed by atoms with Gasteiger partial charge in [-0.3, -0.25) is 4.79 Å². The summed E-state index contributed by atoms with van der Waals surface area (Å²) in [7, 11) is 1.55. The number of benzene rings is 1. The van der Waals surface area contributed by atoms with Gasteiger partial charge in [0.05, 0.1) is 12.6 Å². The zero-order valence-corrected chi connectivity index (χ0v) is 9.23. The Kier molecular flexibility index (Phi) is 2.70. The number of aliphatic carboxylic acids is 1. The predicted molar refractivity (Wildman–Crippen MR) is 58.9 cm³/mol. The molecule has 1 N–H and O–H groups in total. The van der Waals surface area contributed by atoms with Crippen molar-refractivity contribution in [2.75, 3.05) is 7.11 Å². The van der Waals surface area contributed by atoms with Gasteiger partial charge in [-0.15, -0.1) is 0 Å². The van der Waals surface area contributed by atoms with Gasteiger partial charge in [-0.05, 0) is 18.2 Å². The summed E-state index contributed by atoms with van der Waals surface area (Å²) < 4.78 is 6.30. The van der Waals surface area contributed by atoms with Crippen molar-refractivity contribution in [2.45, 2.75) is 6.54 Å². The van der Waals surface area contributed by atoms with Crippen LogP contribution in [-0.2, 0) is 11.3 Å². The van der Waals surface area contributed by atoms with E-state index in [1.807, 2.05) is 0 Å². The van der Waals surface area contributed by atoms with Crippen LogP contribution < -0.4 is 4.74 Å². The normalized spacial score (nSPS) is 10.6. The third kappa shape index (κ3) is 1.81. The lowest BCUT2D eigenvalue weighted by Crippen LogP contribution is -2.09. The van der Waals surface area contributed by atoms with E-state index in [0.29, 0.717) is 21.8 Å². The molecule has 0 aliphatic heterocycles. The molecule has 0 spiro atoms. The van der Waals surface area contributed by atoms with Crippen molar-refractivity contribution in [1.29, 1.82) is 0 Å². The van der Waals surface area contributed by atoms with E-state index in [1.165, 1.54) is 4.68 Å². The first kappa shape index (κ1) is 10.8. The maximum Gasteiger partial charge on any atom is 0.325 e. The number of halogens is 1. The summed E-state index contributed by atoms with van der Waals surface area (Å²) in [5.41, 5.74) is 0.645. The fourth-order valence-corrected chi connectivity index (χ4v) is 1.69. The topological polar surface area (TPSA) is 64.4 Å². The van der Waals surface area contributed by atoms with Crippen LogP contribution in [0.15, 0.2) is 18.2 Å². The minimum absolute atomic E-state index is 0.254. The van der Waals surface area contributed by atoms with E-state index in [2.05, 4.69) is 5.10 Å². The largest absolute Gasteiger partial charge is 0.497 e. The van der Waals surface area contributed by atoms with Crippen LogP contribution in [0, 0.1) is 0 Å². The molecule has 2 rings (SSSR count). The highest BCUT2D eigenvalue weighted by atomic mass is 35.5. The molecule has 5 nitrogen and oxygen atoms in total. The van der Waals surface area contributed by atoms with Crippen LogP contribution in [0.1, 0.15) is 0 Å². The number of rotatable bonds is 3. The molecule has 2 aromatic rings. The van der Waals surface area contributed by atoms with Crippen LogP contribution in [0.25, 0.3) is 10.9 Å². The second kappa shape index (κ2) is 4.02. The molecular weight excluding hydrogens is 232 g/mol. The Hall–Kier alpha value is -1.75. The van der Waals surface area contributed by atoms with Crippen molar-refractivity contribution in [3.63, 3.8) is 0 Å². The quantitative estimate of drug-likeness (QED) is 0.888. The molecule has 0 bridgehead atoms. The van der Waals surface area contributed by atoms with E-state index < -0.39 is 5.97 Å². The Morgan fingerprint density at radius 3 is 3.00 bits per heavy atom. The molecule has 1 aromatic carbocycles. The van der Waals surface area contributed by atoms with E-state index in [0.717, 1.165) is 0 Å². The van der Waals surface area contributed by atoms with Crippen molar-refractivity contribution in [3.05, 3.63) is 23.4 Å². The number of hydrogen-bond acceptors (Lipinski definition) is 3. The van der Waals surface area contributed by atoms with E-state index in [-0.39, 0.29) is 6.54 Å². The van der Waals surface area contributed by atoms with Crippen LogP contribution in [-0.4, -0.2) is 28.0 Å². The first-order valence-corrected chi connectivity index (χ1v) is 4.91. The van der Waals surface area contributed by atoms with Gasteiger partial charge in [-0.1, -0.05) is 11.6 Å². The third-order valence-corrected chi connectivity index (χ3v) is 2.56. The molecule has 0 aliphatic carbocycles. The maximum atomic E-state index is 10.6. The molecule has 16 heavy (non-hydrogen) atoms. The van der Waals surface area contributed by atoms with Gasteiger partial charge in [-0.2, -0.15) is 5.10 Å². The van der Waals surface area contributed by atoms with Gasteiger partial charge < -0.3 is 9.84 Å². The monoisotopic (exact) mass is 240 g/mol. The average molecular weight is 241 g/mol. The van der Waals surface area contributed by atoms with Gasteiger partial charge in [0.1, 0.15) is 17.4 Å². The Bertz CT molecular complexity index is 550. The second-order valence-electron chi connectivity index (χ2n) is 3.23. The third-order valence-electron chi connectivity index (χ3n) is 2.17. The number of methoxy groups -OCH3 is 1. The molecule has 1 aromatic heterocycles. The summed E-state index contributed by atoms with van der Waals surface area (Å²) >= 11 is 6.01.